The van der Waals surface area contributed by atoms with Crippen LogP contribution in [0.5, 0.6) is 0 Å². The molecule has 1 unspecified atom stereocenters. The van der Waals surface area contributed by atoms with Crippen LogP contribution in [0.4, 0.5) is 5.69 Å². The quantitative estimate of drug-likeness (QED) is 0.743. The molecule has 1 fully saturated rings. The summed E-state index contributed by atoms with van der Waals surface area (Å²) in [5.41, 5.74) is 1.52. The zero-order valence-corrected chi connectivity index (χ0v) is 19.4. The molecule has 0 bridgehead atoms. The molecule has 1 aromatic carbocycles. The van der Waals surface area contributed by atoms with Gasteiger partial charge in [0.2, 0.25) is 0 Å². The fraction of sp³-hybridized carbons (Fsp3) is 0.619. The Morgan fingerprint density at radius 3 is 2.70 bits per heavy atom. The third kappa shape index (κ3) is 4.53. The number of carbonyl (C=O) groups is 1. The first-order valence-electron chi connectivity index (χ1n) is 10.7. The topological polar surface area (TPSA) is 82.1 Å². The molecule has 3 heterocycles. The fourth-order valence-electron chi connectivity index (χ4n) is 4.32. The Labute approximate surface area is 183 Å². The van der Waals surface area contributed by atoms with E-state index < -0.39 is 10.0 Å². The zero-order valence-electron chi connectivity index (χ0n) is 17.8. The summed E-state index contributed by atoms with van der Waals surface area (Å²) in [6.07, 6.45) is 2.44. The van der Waals surface area contributed by atoms with Crippen LogP contribution in [0.1, 0.15) is 44.0 Å². The first-order valence-corrected chi connectivity index (χ1v) is 13.1. The summed E-state index contributed by atoms with van der Waals surface area (Å²) in [6, 6.07) is 5.88. The van der Waals surface area contributed by atoms with Crippen molar-refractivity contribution >= 4 is 38.5 Å². The van der Waals surface area contributed by atoms with E-state index in [-0.39, 0.29) is 11.7 Å². The van der Waals surface area contributed by atoms with Crippen LogP contribution in [0.15, 0.2) is 27.5 Å². The second-order valence-electron chi connectivity index (χ2n) is 8.84. The number of rotatable bonds is 5. The van der Waals surface area contributed by atoms with Gasteiger partial charge in [0.25, 0.3) is 15.9 Å². The highest BCUT2D eigenvalue weighted by Crippen LogP contribution is 2.42. The summed E-state index contributed by atoms with van der Waals surface area (Å²) in [4.78, 5) is 18.1. The third-order valence-corrected chi connectivity index (χ3v) is 8.57. The number of sulfonamides is 1. The standard InChI is InChI=1S/C21H30N4O3S2/c1-14(2)18(24-8-6-15(3)7-9-24)13-22-20(26)16-4-5-17-19(12-16)29-21-23-30(27,28)11-10-25(17)21/h4-5,12,14-15,18H,6-11,13H2,1-3H3,(H,22,26). The van der Waals surface area contributed by atoms with E-state index in [9.17, 15) is 13.2 Å². The molecule has 9 heteroatoms. The molecule has 3 aliphatic rings. The summed E-state index contributed by atoms with van der Waals surface area (Å²) < 4.78 is 27.4. The van der Waals surface area contributed by atoms with Gasteiger partial charge in [-0.1, -0.05) is 20.8 Å². The van der Waals surface area contributed by atoms with Gasteiger partial charge in [-0.3, -0.25) is 9.69 Å². The van der Waals surface area contributed by atoms with Crippen LogP contribution in [-0.4, -0.2) is 62.4 Å². The van der Waals surface area contributed by atoms with Gasteiger partial charge in [-0.05, 0) is 67.7 Å². The van der Waals surface area contributed by atoms with Crippen molar-refractivity contribution in [3.63, 3.8) is 0 Å². The van der Waals surface area contributed by atoms with E-state index in [1.807, 2.05) is 23.1 Å². The highest BCUT2D eigenvalue weighted by Gasteiger charge is 2.33. The van der Waals surface area contributed by atoms with E-state index in [0.29, 0.717) is 35.8 Å². The maximum absolute atomic E-state index is 12.8. The number of fused-ring (bicyclic) bond motifs is 3. The van der Waals surface area contributed by atoms with Crippen LogP contribution >= 0.6 is 11.8 Å². The highest BCUT2D eigenvalue weighted by atomic mass is 32.2. The van der Waals surface area contributed by atoms with Crippen molar-refractivity contribution in [1.82, 2.24) is 10.2 Å². The van der Waals surface area contributed by atoms with Crippen LogP contribution < -0.4 is 10.2 Å². The average molecular weight is 451 g/mol. The highest BCUT2D eigenvalue weighted by molar-refractivity contribution is 8.15. The van der Waals surface area contributed by atoms with Gasteiger partial charge in [-0.2, -0.15) is 0 Å². The minimum absolute atomic E-state index is 0.0185. The van der Waals surface area contributed by atoms with Crippen molar-refractivity contribution in [3.8, 4) is 0 Å². The number of carbonyl (C=O) groups excluding carboxylic acids is 1. The summed E-state index contributed by atoms with van der Waals surface area (Å²) in [5, 5.41) is 3.61. The van der Waals surface area contributed by atoms with Crippen LogP contribution in [0.3, 0.4) is 0 Å². The van der Waals surface area contributed by atoms with E-state index in [2.05, 4.69) is 35.4 Å². The number of nitrogens with zero attached hydrogens (tertiary/aromatic N) is 3. The summed E-state index contributed by atoms with van der Waals surface area (Å²) in [5.74, 6) is 1.18. The molecular weight excluding hydrogens is 420 g/mol. The second kappa shape index (κ2) is 8.51. The molecule has 3 aliphatic heterocycles. The van der Waals surface area contributed by atoms with E-state index >= 15 is 0 Å². The van der Waals surface area contributed by atoms with Crippen molar-refractivity contribution in [3.05, 3.63) is 23.8 Å². The monoisotopic (exact) mass is 450 g/mol. The van der Waals surface area contributed by atoms with E-state index in [4.69, 9.17) is 0 Å². The van der Waals surface area contributed by atoms with Crippen molar-refractivity contribution in [2.24, 2.45) is 16.2 Å². The molecule has 4 rings (SSSR count). The average Bonchev–Trinajstić information content (AvgIpc) is 3.04. The van der Waals surface area contributed by atoms with Gasteiger partial charge in [-0.25, -0.2) is 8.42 Å². The predicted molar refractivity (Wildman–Crippen MR) is 122 cm³/mol. The lowest BCUT2D eigenvalue weighted by Crippen LogP contribution is -2.49. The Morgan fingerprint density at radius 2 is 2.00 bits per heavy atom. The van der Waals surface area contributed by atoms with E-state index in [0.717, 1.165) is 29.6 Å². The number of hydrogen-bond acceptors (Lipinski definition) is 6. The molecule has 1 saturated heterocycles. The molecule has 0 saturated carbocycles. The molecule has 0 aliphatic carbocycles. The van der Waals surface area contributed by atoms with Crippen molar-refractivity contribution in [2.75, 3.05) is 36.8 Å². The Balaban J connectivity index is 1.43. The summed E-state index contributed by atoms with van der Waals surface area (Å²) in [6.45, 7) is 9.95. The maximum Gasteiger partial charge on any atom is 0.257 e. The number of thioether (sulfide) groups is 1. The van der Waals surface area contributed by atoms with Gasteiger partial charge < -0.3 is 10.2 Å². The molecule has 0 aromatic heterocycles. The number of hydrogen-bond donors (Lipinski definition) is 1. The number of amidine groups is 1. The number of likely N-dealkylation sites (tertiary alicyclic amines) is 1. The van der Waals surface area contributed by atoms with Gasteiger partial charge in [-0.15, -0.1) is 4.40 Å². The Morgan fingerprint density at radius 1 is 1.27 bits per heavy atom. The zero-order chi connectivity index (χ0) is 21.5. The lowest BCUT2D eigenvalue weighted by Gasteiger charge is -2.38. The second-order valence-corrected chi connectivity index (χ2v) is 11.6. The van der Waals surface area contributed by atoms with Gasteiger partial charge >= 0.3 is 0 Å². The Hall–Kier alpha value is -1.58. The van der Waals surface area contributed by atoms with Crippen molar-refractivity contribution < 1.29 is 13.2 Å². The molecule has 164 valence electrons. The van der Waals surface area contributed by atoms with Crippen LogP contribution in [0.2, 0.25) is 0 Å². The largest absolute Gasteiger partial charge is 0.350 e. The van der Waals surface area contributed by atoms with Crippen LogP contribution in [-0.2, 0) is 10.0 Å². The molecule has 30 heavy (non-hydrogen) atoms. The predicted octanol–water partition coefficient (Wildman–Crippen LogP) is 2.78. The smallest absolute Gasteiger partial charge is 0.257 e. The normalized spacial score (nSPS) is 22.4. The molecule has 1 aromatic rings. The molecule has 0 spiro atoms. The van der Waals surface area contributed by atoms with Crippen LogP contribution in [0, 0.1) is 11.8 Å². The lowest BCUT2D eigenvalue weighted by molar-refractivity contribution is 0.0863. The van der Waals surface area contributed by atoms with Gasteiger partial charge in [0.15, 0.2) is 5.17 Å². The number of piperidine rings is 1. The Kier molecular flexibility index (Phi) is 6.14. The van der Waals surface area contributed by atoms with E-state index in [1.165, 1.54) is 24.6 Å². The number of anilines is 1. The minimum atomic E-state index is -3.38. The fourth-order valence-corrected chi connectivity index (χ4v) is 6.61. The summed E-state index contributed by atoms with van der Waals surface area (Å²) >= 11 is 1.31. The van der Waals surface area contributed by atoms with Gasteiger partial charge in [0, 0.05) is 29.6 Å². The number of amides is 1. The van der Waals surface area contributed by atoms with Gasteiger partial charge in [0.1, 0.15) is 0 Å². The number of benzene rings is 1. The molecule has 1 atom stereocenters. The van der Waals surface area contributed by atoms with Crippen LogP contribution in [0.25, 0.3) is 0 Å². The third-order valence-electron chi connectivity index (χ3n) is 6.26. The molecule has 1 N–H and O–H groups in total. The minimum Gasteiger partial charge on any atom is -0.350 e. The summed E-state index contributed by atoms with van der Waals surface area (Å²) in [7, 11) is -3.38. The number of nitrogens with one attached hydrogen (secondary N) is 1. The molecule has 0 radical (unpaired) electrons. The SMILES string of the molecule is CC1CCN(C(CNC(=O)c2ccc3c(c2)SC2=NS(=O)(=O)CCN23)C(C)C)CC1. The molecular formula is C21H30N4O3S2. The van der Waals surface area contributed by atoms with Gasteiger partial charge in [0.05, 0.1) is 11.4 Å². The van der Waals surface area contributed by atoms with E-state index in [1.54, 1.807) is 0 Å². The molecule has 7 nitrogen and oxygen atoms in total. The van der Waals surface area contributed by atoms with Crippen molar-refractivity contribution in [1.29, 1.82) is 0 Å². The first-order chi connectivity index (χ1) is 14.2. The first kappa shape index (κ1) is 21.6. The lowest BCUT2D eigenvalue weighted by atomic mass is 9.94. The van der Waals surface area contributed by atoms with Crippen molar-refractivity contribution in [2.45, 2.75) is 44.6 Å². The Bertz CT molecular complexity index is 953. The molecule has 1 amide bonds. The maximum atomic E-state index is 12.8.